The summed E-state index contributed by atoms with van der Waals surface area (Å²) in [6.45, 7) is 8.35. The fourth-order valence-electron chi connectivity index (χ4n) is 2.54. The molecule has 4 heteroatoms. The smallest absolute Gasteiger partial charge is 0.228 e. The van der Waals surface area contributed by atoms with Gasteiger partial charge in [-0.15, -0.1) is 0 Å². The molecule has 1 aliphatic rings. The monoisotopic (exact) mass is 306 g/mol. The van der Waals surface area contributed by atoms with Gasteiger partial charge in [-0.05, 0) is 48.8 Å². The second-order valence-electron chi connectivity index (χ2n) is 5.98. The predicted octanol–water partition coefficient (Wildman–Crippen LogP) is 3.57. The molecule has 0 aromatic heterocycles. The molecule has 0 saturated carbocycles. The predicted molar refractivity (Wildman–Crippen MR) is 91.8 cm³/mol. The Morgan fingerprint density at radius 1 is 1.48 bits per heavy atom. The molecular weight excluding hydrogens is 280 g/mol. The SMILES string of the molecule is Cc1c(CSC(C)C)cccc1NC(=O)C1CCCNC1. The van der Waals surface area contributed by atoms with E-state index in [1.165, 1.54) is 11.1 Å². The number of benzene rings is 1. The number of thioether (sulfide) groups is 1. The van der Waals surface area contributed by atoms with Crippen LogP contribution in [-0.4, -0.2) is 24.2 Å². The van der Waals surface area contributed by atoms with Crippen molar-refractivity contribution in [3.63, 3.8) is 0 Å². The molecule has 1 atom stereocenters. The molecule has 0 radical (unpaired) electrons. The van der Waals surface area contributed by atoms with Gasteiger partial charge in [0.1, 0.15) is 0 Å². The Labute approximate surface area is 132 Å². The molecule has 1 saturated heterocycles. The topological polar surface area (TPSA) is 41.1 Å². The number of carbonyl (C=O) groups is 1. The molecule has 2 N–H and O–H groups in total. The van der Waals surface area contributed by atoms with Crippen molar-refractivity contribution in [1.82, 2.24) is 5.32 Å². The van der Waals surface area contributed by atoms with E-state index in [-0.39, 0.29) is 11.8 Å². The standard InChI is InChI=1S/C17H26N2OS/c1-12(2)21-11-15-6-4-8-16(13(15)3)19-17(20)14-7-5-9-18-10-14/h4,6,8,12,14,18H,5,7,9-11H2,1-3H3,(H,19,20). The molecule has 1 aliphatic heterocycles. The summed E-state index contributed by atoms with van der Waals surface area (Å²) in [5, 5.41) is 7.04. The van der Waals surface area contributed by atoms with Crippen molar-refractivity contribution in [2.24, 2.45) is 5.92 Å². The van der Waals surface area contributed by atoms with Gasteiger partial charge >= 0.3 is 0 Å². The lowest BCUT2D eigenvalue weighted by molar-refractivity contribution is -0.120. The quantitative estimate of drug-likeness (QED) is 0.873. The van der Waals surface area contributed by atoms with E-state index >= 15 is 0 Å². The van der Waals surface area contributed by atoms with E-state index in [1.807, 2.05) is 23.9 Å². The minimum atomic E-state index is 0.104. The van der Waals surface area contributed by atoms with Crippen LogP contribution >= 0.6 is 11.8 Å². The Hall–Kier alpha value is -1.00. The van der Waals surface area contributed by atoms with E-state index < -0.39 is 0 Å². The lowest BCUT2D eigenvalue weighted by atomic mass is 9.98. The minimum absolute atomic E-state index is 0.104. The van der Waals surface area contributed by atoms with Crippen LogP contribution in [-0.2, 0) is 10.5 Å². The maximum atomic E-state index is 12.3. The van der Waals surface area contributed by atoms with Gasteiger partial charge in [-0.1, -0.05) is 26.0 Å². The van der Waals surface area contributed by atoms with E-state index in [0.29, 0.717) is 5.25 Å². The van der Waals surface area contributed by atoms with E-state index in [9.17, 15) is 4.79 Å². The van der Waals surface area contributed by atoms with Crippen LogP contribution in [0.1, 0.15) is 37.8 Å². The molecule has 116 valence electrons. The van der Waals surface area contributed by atoms with E-state index in [1.54, 1.807) is 0 Å². The van der Waals surface area contributed by atoms with E-state index in [0.717, 1.165) is 37.4 Å². The zero-order valence-corrected chi connectivity index (χ0v) is 14.1. The van der Waals surface area contributed by atoms with Crippen molar-refractivity contribution in [2.75, 3.05) is 18.4 Å². The first-order valence-corrected chi connectivity index (χ1v) is 8.84. The second kappa shape index (κ2) is 7.85. The molecule has 0 aliphatic carbocycles. The average Bonchev–Trinajstić information content (AvgIpc) is 2.49. The normalized spacial score (nSPS) is 18.8. The summed E-state index contributed by atoms with van der Waals surface area (Å²) in [4.78, 5) is 12.3. The van der Waals surface area contributed by atoms with Crippen molar-refractivity contribution in [2.45, 2.75) is 44.6 Å². The van der Waals surface area contributed by atoms with Crippen molar-refractivity contribution < 1.29 is 4.79 Å². The fourth-order valence-corrected chi connectivity index (χ4v) is 3.37. The van der Waals surface area contributed by atoms with Gasteiger partial charge in [-0.3, -0.25) is 4.79 Å². The van der Waals surface area contributed by atoms with Gasteiger partial charge in [-0.2, -0.15) is 11.8 Å². The average molecular weight is 306 g/mol. The molecule has 0 bridgehead atoms. The molecule has 2 rings (SSSR count). The van der Waals surface area contributed by atoms with Gasteiger partial charge < -0.3 is 10.6 Å². The zero-order valence-electron chi connectivity index (χ0n) is 13.2. The second-order valence-corrected chi connectivity index (χ2v) is 7.55. The summed E-state index contributed by atoms with van der Waals surface area (Å²) in [5.74, 6) is 1.25. The lowest BCUT2D eigenvalue weighted by Crippen LogP contribution is -2.37. The van der Waals surface area contributed by atoms with Gasteiger partial charge in [0.05, 0.1) is 5.92 Å². The van der Waals surface area contributed by atoms with Gasteiger partial charge in [-0.25, -0.2) is 0 Å². The van der Waals surface area contributed by atoms with Crippen LogP contribution in [0.15, 0.2) is 18.2 Å². The highest BCUT2D eigenvalue weighted by atomic mass is 32.2. The number of hydrogen-bond donors (Lipinski definition) is 2. The number of rotatable bonds is 5. The molecular formula is C17H26N2OS. The Kier molecular flexibility index (Phi) is 6.12. The van der Waals surface area contributed by atoms with Crippen LogP contribution < -0.4 is 10.6 Å². The Morgan fingerprint density at radius 3 is 2.95 bits per heavy atom. The van der Waals surface area contributed by atoms with Crippen molar-refractivity contribution >= 4 is 23.4 Å². The van der Waals surface area contributed by atoms with Crippen LogP contribution in [0, 0.1) is 12.8 Å². The number of anilines is 1. The maximum Gasteiger partial charge on any atom is 0.228 e. The first-order valence-electron chi connectivity index (χ1n) is 7.79. The van der Waals surface area contributed by atoms with Gasteiger partial charge in [0, 0.05) is 18.0 Å². The molecule has 1 fully saturated rings. The third kappa shape index (κ3) is 4.75. The zero-order chi connectivity index (χ0) is 15.2. The molecule has 1 aromatic carbocycles. The summed E-state index contributed by atoms with van der Waals surface area (Å²) in [6, 6.07) is 6.20. The molecule has 0 spiro atoms. The summed E-state index contributed by atoms with van der Waals surface area (Å²) in [5.41, 5.74) is 3.48. The maximum absolute atomic E-state index is 12.3. The van der Waals surface area contributed by atoms with Crippen LogP contribution in [0.25, 0.3) is 0 Å². The van der Waals surface area contributed by atoms with Crippen molar-refractivity contribution in [3.8, 4) is 0 Å². The number of hydrogen-bond acceptors (Lipinski definition) is 3. The Bertz CT molecular complexity index is 482. The number of carbonyl (C=O) groups excluding carboxylic acids is 1. The molecule has 1 amide bonds. The Morgan fingerprint density at radius 2 is 2.29 bits per heavy atom. The van der Waals surface area contributed by atoms with Crippen LogP contribution in [0.4, 0.5) is 5.69 Å². The highest BCUT2D eigenvalue weighted by Crippen LogP contribution is 2.25. The third-order valence-electron chi connectivity index (χ3n) is 3.94. The first-order chi connectivity index (χ1) is 10.1. The Balaban J connectivity index is 2.02. The summed E-state index contributed by atoms with van der Waals surface area (Å²) in [6.07, 6.45) is 2.07. The number of amides is 1. The van der Waals surface area contributed by atoms with Crippen molar-refractivity contribution in [1.29, 1.82) is 0 Å². The highest BCUT2D eigenvalue weighted by molar-refractivity contribution is 7.99. The molecule has 1 unspecified atom stereocenters. The molecule has 3 nitrogen and oxygen atoms in total. The van der Waals surface area contributed by atoms with Gasteiger partial charge in [0.2, 0.25) is 5.91 Å². The molecule has 21 heavy (non-hydrogen) atoms. The fraction of sp³-hybridized carbons (Fsp3) is 0.588. The van der Waals surface area contributed by atoms with Crippen LogP contribution in [0.2, 0.25) is 0 Å². The third-order valence-corrected chi connectivity index (χ3v) is 5.09. The molecule has 1 aromatic rings. The largest absolute Gasteiger partial charge is 0.326 e. The lowest BCUT2D eigenvalue weighted by Gasteiger charge is -2.22. The summed E-state index contributed by atoms with van der Waals surface area (Å²) in [7, 11) is 0. The van der Waals surface area contributed by atoms with E-state index in [2.05, 4.69) is 37.5 Å². The van der Waals surface area contributed by atoms with Crippen molar-refractivity contribution in [3.05, 3.63) is 29.3 Å². The van der Waals surface area contributed by atoms with Gasteiger partial charge in [0.15, 0.2) is 0 Å². The summed E-state index contributed by atoms with van der Waals surface area (Å²) >= 11 is 1.93. The summed E-state index contributed by atoms with van der Waals surface area (Å²) < 4.78 is 0. The van der Waals surface area contributed by atoms with Crippen LogP contribution in [0.3, 0.4) is 0 Å². The number of nitrogens with one attached hydrogen (secondary N) is 2. The van der Waals surface area contributed by atoms with E-state index in [4.69, 9.17) is 0 Å². The first kappa shape index (κ1) is 16.4. The van der Waals surface area contributed by atoms with Crippen LogP contribution in [0.5, 0.6) is 0 Å². The van der Waals surface area contributed by atoms with Gasteiger partial charge in [0.25, 0.3) is 0 Å². The minimum Gasteiger partial charge on any atom is -0.326 e. The highest BCUT2D eigenvalue weighted by Gasteiger charge is 2.21. The number of piperidine rings is 1. The molecule has 1 heterocycles.